The van der Waals surface area contributed by atoms with Gasteiger partial charge in [0.05, 0.1) is 12.8 Å². The highest BCUT2D eigenvalue weighted by molar-refractivity contribution is 6.00. The van der Waals surface area contributed by atoms with Crippen LogP contribution in [-0.4, -0.2) is 58.6 Å². The van der Waals surface area contributed by atoms with Crippen LogP contribution in [0.4, 0.5) is 0 Å². The summed E-state index contributed by atoms with van der Waals surface area (Å²) in [6.45, 7) is 5.48. The van der Waals surface area contributed by atoms with Crippen molar-refractivity contribution in [3.63, 3.8) is 0 Å². The normalized spacial score (nSPS) is 15.4. The molecule has 1 saturated heterocycles. The molecule has 1 aromatic heterocycles. The summed E-state index contributed by atoms with van der Waals surface area (Å²) in [6, 6.07) is 6.61. The fraction of sp³-hybridized carbons (Fsp3) is 0.476. The van der Waals surface area contributed by atoms with Gasteiger partial charge in [0.2, 0.25) is 5.88 Å². The van der Waals surface area contributed by atoms with Crippen LogP contribution < -0.4 is 16.0 Å². The van der Waals surface area contributed by atoms with Crippen LogP contribution in [0.1, 0.15) is 38.2 Å². The van der Waals surface area contributed by atoms with E-state index < -0.39 is 17.1 Å². The molecule has 0 radical (unpaired) electrons. The third-order valence-corrected chi connectivity index (χ3v) is 5.21. The zero-order chi connectivity index (χ0) is 20.8. The molecule has 0 amide bonds. The lowest BCUT2D eigenvalue weighted by Crippen LogP contribution is -2.33. The van der Waals surface area contributed by atoms with E-state index in [1.165, 1.54) is 19.3 Å². The van der Waals surface area contributed by atoms with Gasteiger partial charge >= 0.3 is 5.69 Å². The molecule has 8 heteroatoms. The number of likely N-dealkylation sites (tertiary alicyclic amines) is 1. The number of rotatable bonds is 7. The highest BCUT2D eigenvalue weighted by Crippen LogP contribution is 2.20. The van der Waals surface area contributed by atoms with Gasteiger partial charge in [-0.05, 0) is 70.1 Å². The Kier molecular flexibility index (Phi) is 6.87. The molecule has 0 unspecified atom stereocenters. The summed E-state index contributed by atoms with van der Waals surface area (Å²) in [6.07, 6.45) is 4.69. The number of aromatic nitrogens is 2. The van der Waals surface area contributed by atoms with Crippen LogP contribution in [0, 0.1) is 0 Å². The smallest absolute Gasteiger partial charge is 0.335 e. The minimum Gasteiger partial charge on any atom is -0.497 e. The molecular weight excluding hydrogens is 372 g/mol. The number of H-pyrrole nitrogens is 1. The molecule has 0 spiro atoms. The van der Waals surface area contributed by atoms with Crippen LogP contribution in [0.25, 0.3) is 5.69 Å². The van der Waals surface area contributed by atoms with Crippen molar-refractivity contribution in [1.29, 1.82) is 0 Å². The SMILES string of the molecule is COc1ccc(-n2c(O)c(C(C)=NCCCN3CCCCC3)c(=O)[nH]c2=O)cc1. The fourth-order valence-electron chi connectivity index (χ4n) is 3.63. The number of methoxy groups -OCH3 is 1. The van der Waals surface area contributed by atoms with Crippen molar-refractivity contribution in [2.45, 2.75) is 32.6 Å². The monoisotopic (exact) mass is 400 g/mol. The first-order valence-electron chi connectivity index (χ1n) is 9.97. The molecule has 1 aliphatic rings. The average Bonchev–Trinajstić information content (AvgIpc) is 2.72. The lowest BCUT2D eigenvalue weighted by atomic mass is 10.1. The molecule has 0 saturated carbocycles. The molecule has 0 aliphatic carbocycles. The molecule has 156 valence electrons. The summed E-state index contributed by atoms with van der Waals surface area (Å²) in [5.74, 6) is 0.207. The van der Waals surface area contributed by atoms with Gasteiger partial charge in [-0.25, -0.2) is 9.36 Å². The summed E-state index contributed by atoms with van der Waals surface area (Å²) in [5, 5.41) is 10.7. The molecule has 2 aromatic rings. The molecule has 0 atom stereocenters. The maximum absolute atomic E-state index is 12.3. The van der Waals surface area contributed by atoms with Crippen molar-refractivity contribution in [3.05, 3.63) is 50.7 Å². The van der Waals surface area contributed by atoms with Gasteiger partial charge < -0.3 is 14.7 Å². The first-order valence-corrected chi connectivity index (χ1v) is 9.97. The molecule has 1 aliphatic heterocycles. The van der Waals surface area contributed by atoms with Crippen molar-refractivity contribution >= 4 is 5.71 Å². The Morgan fingerprint density at radius 2 is 1.86 bits per heavy atom. The van der Waals surface area contributed by atoms with Gasteiger partial charge in [0.1, 0.15) is 11.3 Å². The summed E-state index contributed by atoms with van der Waals surface area (Å²) in [7, 11) is 1.54. The average molecular weight is 400 g/mol. The molecule has 8 nitrogen and oxygen atoms in total. The number of benzene rings is 1. The van der Waals surface area contributed by atoms with Gasteiger partial charge in [-0.1, -0.05) is 6.42 Å². The minimum absolute atomic E-state index is 0.0124. The van der Waals surface area contributed by atoms with Gasteiger partial charge in [-0.3, -0.25) is 14.8 Å². The standard InChI is InChI=1S/C21H28N4O4/c1-15(22-11-6-14-24-12-4-3-5-13-24)18-19(26)23-21(28)25(20(18)27)16-7-9-17(29-2)10-8-16/h7-10,27H,3-6,11-14H2,1-2H3,(H,23,26,28). The number of hydrogen-bond donors (Lipinski definition) is 2. The Labute approximate surface area is 169 Å². The number of nitrogens with one attached hydrogen (secondary N) is 1. The van der Waals surface area contributed by atoms with Crippen LogP contribution in [-0.2, 0) is 0 Å². The highest BCUT2D eigenvalue weighted by atomic mass is 16.5. The van der Waals surface area contributed by atoms with Crippen molar-refractivity contribution < 1.29 is 9.84 Å². The lowest BCUT2D eigenvalue weighted by molar-refractivity contribution is 0.228. The van der Waals surface area contributed by atoms with E-state index in [9.17, 15) is 14.7 Å². The number of aromatic amines is 1. The van der Waals surface area contributed by atoms with Gasteiger partial charge in [-0.2, -0.15) is 0 Å². The highest BCUT2D eigenvalue weighted by Gasteiger charge is 2.18. The van der Waals surface area contributed by atoms with Crippen molar-refractivity contribution in [2.24, 2.45) is 4.99 Å². The van der Waals surface area contributed by atoms with E-state index in [4.69, 9.17) is 4.74 Å². The Morgan fingerprint density at radius 1 is 1.17 bits per heavy atom. The van der Waals surface area contributed by atoms with Crippen LogP contribution in [0.3, 0.4) is 0 Å². The fourth-order valence-corrected chi connectivity index (χ4v) is 3.63. The number of hydrogen-bond acceptors (Lipinski definition) is 6. The molecule has 1 fully saturated rings. The quantitative estimate of drug-likeness (QED) is 0.546. The van der Waals surface area contributed by atoms with Crippen molar-refractivity contribution in [1.82, 2.24) is 14.5 Å². The van der Waals surface area contributed by atoms with E-state index >= 15 is 0 Å². The first kappa shape index (κ1) is 20.9. The van der Waals surface area contributed by atoms with Gasteiger partial charge in [0.15, 0.2) is 0 Å². The van der Waals surface area contributed by atoms with E-state index in [0.29, 0.717) is 23.7 Å². The third kappa shape index (κ3) is 4.95. The second-order valence-corrected chi connectivity index (χ2v) is 7.21. The van der Waals surface area contributed by atoms with Crippen LogP contribution in [0.5, 0.6) is 11.6 Å². The van der Waals surface area contributed by atoms with E-state index in [1.54, 1.807) is 38.3 Å². The molecule has 29 heavy (non-hydrogen) atoms. The summed E-state index contributed by atoms with van der Waals surface area (Å²) in [4.78, 5) is 33.8. The van der Waals surface area contributed by atoms with E-state index in [2.05, 4.69) is 14.9 Å². The summed E-state index contributed by atoms with van der Waals surface area (Å²) >= 11 is 0. The minimum atomic E-state index is -0.709. The summed E-state index contributed by atoms with van der Waals surface area (Å²) < 4.78 is 6.17. The maximum atomic E-state index is 12.3. The first-order chi connectivity index (χ1) is 14.0. The molecule has 3 rings (SSSR count). The van der Waals surface area contributed by atoms with Crippen LogP contribution in [0.2, 0.25) is 0 Å². The van der Waals surface area contributed by atoms with E-state index in [0.717, 1.165) is 30.6 Å². The zero-order valence-electron chi connectivity index (χ0n) is 17.0. The summed E-state index contributed by atoms with van der Waals surface area (Å²) in [5.41, 5.74) is -0.513. The molecule has 0 bridgehead atoms. The van der Waals surface area contributed by atoms with Gasteiger partial charge in [-0.15, -0.1) is 0 Å². The number of nitrogens with zero attached hydrogens (tertiary/aromatic N) is 3. The number of aromatic hydroxyl groups is 1. The molecular formula is C21H28N4O4. The largest absolute Gasteiger partial charge is 0.497 e. The Hall–Kier alpha value is -2.87. The zero-order valence-corrected chi connectivity index (χ0v) is 17.0. The predicted octanol–water partition coefficient (Wildman–Crippen LogP) is 1.92. The predicted molar refractivity (Wildman–Crippen MR) is 113 cm³/mol. The van der Waals surface area contributed by atoms with Crippen LogP contribution in [0.15, 0.2) is 38.8 Å². The van der Waals surface area contributed by atoms with Gasteiger partial charge in [0, 0.05) is 12.3 Å². The third-order valence-electron chi connectivity index (χ3n) is 5.21. The molecule has 1 aromatic carbocycles. The second kappa shape index (κ2) is 9.56. The topological polar surface area (TPSA) is 99.9 Å². The Balaban J connectivity index is 1.80. The van der Waals surface area contributed by atoms with Crippen molar-refractivity contribution in [2.75, 3.05) is 33.3 Å². The van der Waals surface area contributed by atoms with Gasteiger partial charge in [0.25, 0.3) is 5.56 Å². The number of aliphatic imine (C=N–C) groups is 1. The second-order valence-electron chi connectivity index (χ2n) is 7.21. The molecule has 2 heterocycles. The Bertz CT molecular complexity index is 970. The van der Waals surface area contributed by atoms with Crippen molar-refractivity contribution in [3.8, 4) is 17.3 Å². The lowest BCUT2D eigenvalue weighted by Gasteiger charge is -2.25. The maximum Gasteiger partial charge on any atom is 0.335 e. The van der Waals surface area contributed by atoms with Crippen LogP contribution >= 0.6 is 0 Å². The Morgan fingerprint density at radius 3 is 2.52 bits per heavy atom. The van der Waals surface area contributed by atoms with E-state index in [1.807, 2.05) is 0 Å². The number of piperidine rings is 1. The molecule has 2 N–H and O–H groups in total. The van der Waals surface area contributed by atoms with E-state index in [-0.39, 0.29) is 5.56 Å². The number of ether oxygens (including phenoxy) is 1.